The second-order valence-electron chi connectivity index (χ2n) is 1.24. The molecule has 0 aliphatic rings. The van der Waals surface area contributed by atoms with Gasteiger partial charge < -0.3 is 25.5 Å². The van der Waals surface area contributed by atoms with Crippen LogP contribution < -0.4 is 188 Å². The third kappa shape index (κ3) is 43.6. The minimum Gasteiger partial charge on any atom is -1.00 e. The molecule has 14 heavy (non-hydrogen) atoms. The Kier molecular flexibility index (Phi) is 93.9. The van der Waals surface area contributed by atoms with Gasteiger partial charge in [-0.15, -0.1) is 0 Å². The summed E-state index contributed by atoms with van der Waals surface area (Å²) in [6, 6.07) is 0. The summed E-state index contributed by atoms with van der Waals surface area (Å²) in [5, 5.41) is 19.0. The van der Waals surface area contributed by atoms with Crippen molar-refractivity contribution in [2.24, 2.45) is 0 Å². The third-order valence-corrected chi connectivity index (χ3v) is 0.533. The molecule has 0 amide bonds. The molecule has 0 bridgehead atoms. The van der Waals surface area contributed by atoms with E-state index in [-0.39, 0.29) is 183 Å². The Morgan fingerprint density at radius 3 is 0.929 bits per heavy atom. The van der Waals surface area contributed by atoms with E-state index in [1.165, 1.54) is 0 Å². The Bertz CT molecular complexity index is 120. The van der Waals surface area contributed by atoms with E-state index < -0.39 is 24.8 Å². The van der Waals surface area contributed by atoms with Crippen LogP contribution in [0, 0.1) is 0 Å². The normalized spacial score (nSPS) is 4.86. The smallest absolute Gasteiger partial charge is 1.00 e. The van der Waals surface area contributed by atoms with Crippen molar-refractivity contribution < 1.29 is 203 Å². The largest absolute Gasteiger partial charge is 1.00 e. The number of carboxylic acid groups (broad SMARTS) is 2. The number of hydrogen-bond donors (Lipinski definition) is 0. The zero-order valence-electron chi connectivity index (χ0n) is 14.0. The van der Waals surface area contributed by atoms with Gasteiger partial charge in [-0.25, -0.2) is 0 Å². The van der Waals surface area contributed by atoms with Gasteiger partial charge in [-0.05, 0) is 12.8 Å². The van der Waals surface area contributed by atoms with E-state index in [0.717, 1.165) is 0 Å². The maximum absolute atomic E-state index is 9.50. The molecule has 0 heterocycles. The van der Waals surface area contributed by atoms with Crippen LogP contribution in [-0.2, 0) is 9.59 Å². The van der Waals surface area contributed by atoms with Gasteiger partial charge in [0.2, 0.25) is 0 Å². The molecule has 0 saturated carbocycles. The van der Waals surface area contributed by atoms with E-state index in [1.807, 2.05) is 0 Å². The van der Waals surface area contributed by atoms with Gasteiger partial charge in [0.15, 0.2) is 0 Å². The summed E-state index contributed by atoms with van der Waals surface area (Å²) in [5.41, 5.74) is 0. The second kappa shape index (κ2) is 30.7. The molecule has 0 aliphatic carbocycles. The van der Waals surface area contributed by atoms with Gasteiger partial charge in [0, 0.05) is 11.9 Å². The van der Waals surface area contributed by atoms with Crippen molar-refractivity contribution in [1.82, 2.24) is 0 Å². The zero-order chi connectivity index (χ0) is 6.57. The number of rotatable bonds is 3. The Morgan fingerprint density at radius 1 is 0.714 bits per heavy atom. The molecule has 0 spiro atoms. The van der Waals surface area contributed by atoms with E-state index in [0.29, 0.717) is 0 Å². The summed E-state index contributed by atoms with van der Waals surface area (Å²) in [6.07, 6.45) is -0.940. The molecule has 0 N–H and O–H groups in total. The molecule has 0 unspecified atom stereocenters. The Morgan fingerprint density at radius 2 is 0.857 bits per heavy atom. The number of carbonyl (C=O) groups is 2. The molecule has 0 radical (unpaired) electrons. The van der Waals surface area contributed by atoms with Crippen molar-refractivity contribution in [2.75, 3.05) is 0 Å². The molecule has 0 fully saturated rings. The number of aliphatic carboxylic acids is 2. The average Bonchev–Trinajstić information content (AvgIpc) is 1.61. The molecule has 54 valence electrons. The predicted molar refractivity (Wildman–Crippen MR) is 23.7 cm³/mol. The Labute approximate surface area is 222 Å². The summed E-state index contributed by atoms with van der Waals surface area (Å²) in [4.78, 5) is 19.0. The fourth-order valence-corrected chi connectivity index (χ4v) is 0.204. The van der Waals surface area contributed by atoms with E-state index in [9.17, 15) is 19.8 Å². The first kappa shape index (κ1) is 42.8. The number of carboxylic acids is 2. The van der Waals surface area contributed by atoms with E-state index in [4.69, 9.17) is 0 Å². The van der Waals surface area contributed by atoms with Gasteiger partial charge >= 0.3 is 177 Å². The van der Waals surface area contributed by atoms with Crippen molar-refractivity contribution in [2.45, 2.75) is 12.8 Å². The molecular formula is C4H8Na6O4. The van der Waals surface area contributed by atoms with Gasteiger partial charge in [-0.2, -0.15) is 0 Å². The van der Waals surface area contributed by atoms with E-state index in [1.54, 1.807) is 0 Å². The van der Waals surface area contributed by atoms with Crippen LogP contribution in [0.3, 0.4) is 0 Å². The molecule has 4 nitrogen and oxygen atoms in total. The summed E-state index contributed by atoms with van der Waals surface area (Å²) in [6.45, 7) is 0. The van der Waals surface area contributed by atoms with Gasteiger partial charge in [0.1, 0.15) is 0 Å². The molecule has 0 atom stereocenters. The first-order valence-corrected chi connectivity index (χ1v) is 2.02. The molecule has 10 heteroatoms. The molecule has 0 rings (SSSR count). The van der Waals surface area contributed by atoms with Crippen LogP contribution in [0.2, 0.25) is 0 Å². The summed E-state index contributed by atoms with van der Waals surface area (Å²) in [5.74, 6) is -2.73. The fraction of sp³-hybridized carbons (Fsp3) is 0.500. The van der Waals surface area contributed by atoms with Crippen LogP contribution in [-0.4, -0.2) is 11.9 Å². The average molecular weight is 258 g/mol. The minimum atomic E-state index is -1.37. The summed E-state index contributed by atoms with van der Waals surface area (Å²) < 4.78 is 0. The first-order chi connectivity index (χ1) is 3.63. The van der Waals surface area contributed by atoms with Crippen molar-refractivity contribution in [3.8, 4) is 0 Å². The third-order valence-electron chi connectivity index (χ3n) is 0.533. The van der Waals surface area contributed by atoms with Crippen LogP contribution >= 0.6 is 0 Å². The quantitative estimate of drug-likeness (QED) is 0.471. The van der Waals surface area contributed by atoms with Crippen molar-refractivity contribution in [3.05, 3.63) is 0 Å². The van der Waals surface area contributed by atoms with Crippen molar-refractivity contribution in [1.29, 1.82) is 0 Å². The van der Waals surface area contributed by atoms with Crippen LogP contribution in [0.4, 0.5) is 0 Å². The second-order valence-corrected chi connectivity index (χ2v) is 1.24. The minimum absolute atomic E-state index is 0. The van der Waals surface area contributed by atoms with Gasteiger partial charge in [-0.3, -0.25) is 0 Å². The van der Waals surface area contributed by atoms with Crippen molar-refractivity contribution in [3.63, 3.8) is 0 Å². The molecule has 0 aliphatic heterocycles. The first-order valence-electron chi connectivity index (χ1n) is 2.02. The van der Waals surface area contributed by atoms with E-state index >= 15 is 0 Å². The summed E-state index contributed by atoms with van der Waals surface area (Å²) in [7, 11) is 0. The molecule has 0 aromatic heterocycles. The maximum Gasteiger partial charge on any atom is 1.00 e. The van der Waals surface area contributed by atoms with Crippen LogP contribution in [0.5, 0.6) is 0 Å². The zero-order valence-corrected chi connectivity index (χ0v) is 22.0. The van der Waals surface area contributed by atoms with E-state index in [2.05, 4.69) is 0 Å². The van der Waals surface area contributed by atoms with Crippen LogP contribution in [0.1, 0.15) is 18.5 Å². The van der Waals surface area contributed by atoms with Gasteiger partial charge in [-0.1, -0.05) is 0 Å². The standard InChI is InChI=1S/C4H6O4.6Na.4H/c5-3(6)1-2-4(7)8;;;;;;;;;;/h1-2H2,(H,5,6)(H,7,8);;;;;;;;;;/q;6*+1;4*-1/p-2. The predicted octanol–water partition coefficient (Wildman–Crippen LogP) is -20.3. The van der Waals surface area contributed by atoms with Gasteiger partial charge in [0.25, 0.3) is 0 Å². The Hall–Kier alpha value is 4.94. The molecule has 0 aromatic rings. The summed E-state index contributed by atoms with van der Waals surface area (Å²) >= 11 is 0. The van der Waals surface area contributed by atoms with Crippen molar-refractivity contribution >= 4 is 11.9 Å². The van der Waals surface area contributed by atoms with Crippen LogP contribution in [0.25, 0.3) is 0 Å². The maximum atomic E-state index is 9.50. The Balaban J connectivity index is -0.00000000544. The molecular weight excluding hydrogens is 250 g/mol. The number of hydrogen-bond acceptors (Lipinski definition) is 4. The topological polar surface area (TPSA) is 80.3 Å². The fourth-order valence-electron chi connectivity index (χ4n) is 0.204. The van der Waals surface area contributed by atoms with Crippen LogP contribution in [0.15, 0.2) is 0 Å². The SMILES string of the molecule is O=C([O-])CCC(=O)[O-].[H-].[H-].[H-].[H-].[Na+].[Na+].[Na+].[Na+].[Na+].[Na+]. The molecule has 0 saturated heterocycles. The monoisotopic (exact) mass is 258 g/mol. The van der Waals surface area contributed by atoms with Gasteiger partial charge in [0.05, 0.1) is 0 Å². The number of carbonyl (C=O) groups excluding carboxylic acids is 2. The molecule has 0 aromatic carbocycles.